The van der Waals surface area contributed by atoms with Crippen LogP contribution in [-0.4, -0.2) is 28.8 Å². The number of amides is 2. The number of halogens is 2. The topological polar surface area (TPSA) is 49.4 Å². The van der Waals surface area contributed by atoms with Crippen molar-refractivity contribution in [2.75, 3.05) is 0 Å². The van der Waals surface area contributed by atoms with Crippen molar-refractivity contribution in [1.29, 1.82) is 0 Å². The van der Waals surface area contributed by atoms with E-state index in [9.17, 15) is 9.59 Å². The summed E-state index contributed by atoms with van der Waals surface area (Å²) in [5.74, 6) is -0.296. The summed E-state index contributed by atoms with van der Waals surface area (Å²) in [6.45, 7) is 8.03. The minimum Gasteiger partial charge on any atom is -0.352 e. The van der Waals surface area contributed by atoms with E-state index in [2.05, 4.69) is 5.32 Å². The predicted octanol–water partition coefficient (Wildman–Crippen LogP) is 5.57. The first-order valence-corrected chi connectivity index (χ1v) is 11.1. The highest BCUT2D eigenvalue weighted by Crippen LogP contribution is 2.27. The molecule has 0 spiro atoms. The van der Waals surface area contributed by atoms with Crippen molar-refractivity contribution in [3.05, 3.63) is 69.2 Å². The van der Waals surface area contributed by atoms with Gasteiger partial charge in [0.15, 0.2) is 0 Å². The number of hydrogen-bond acceptors (Lipinski definition) is 2. The molecule has 2 aromatic rings. The van der Waals surface area contributed by atoms with Crippen molar-refractivity contribution in [2.45, 2.75) is 65.6 Å². The smallest absolute Gasteiger partial charge is 0.243 e. The van der Waals surface area contributed by atoms with Crippen molar-refractivity contribution in [2.24, 2.45) is 0 Å². The second kappa shape index (κ2) is 11.4. The van der Waals surface area contributed by atoms with E-state index in [4.69, 9.17) is 23.2 Å². The van der Waals surface area contributed by atoms with E-state index < -0.39 is 6.04 Å². The number of hydrogen-bond donors (Lipinski definition) is 1. The predicted molar refractivity (Wildman–Crippen MR) is 124 cm³/mol. The Kier molecular flexibility index (Phi) is 9.19. The van der Waals surface area contributed by atoms with Crippen LogP contribution >= 0.6 is 23.2 Å². The normalized spacial score (nSPS) is 12.9. The summed E-state index contributed by atoms with van der Waals surface area (Å²) in [6, 6.07) is 12.5. The summed E-state index contributed by atoms with van der Waals surface area (Å²) in [6.07, 6.45) is 1.51. The molecule has 2 aromatic carbocycles. The Morgan fingerprint density at radius 1 is 1.03 bits per heavy atom. The molecular formula is C24H30Cl2N2O2. The van der Waals surface area contributed by atoms with Crippen LogP contribution in [0.3, 0.4) is 0 Å². The number of nitrogens with one attached hydrogen (secondary N) is 1. The van der Waals surface area contributed by atoms with E-state index in [1.807, 2.05) is 52.0 Å². The molecule has 0 fully saturated rings. The van der Waals surface area contributed by atoms with Crippen LogP contribution in [-0.2, 0) is 22.6 Å². The zero-order chi connectivity index (χ0) is 22.3. The van der Waals surface area contributed by atoms with Gasteiger partial charge in [-0.05, 0) is 44.4 Å². The number of rotatable bonds is 9. The van der Waals surface area contributed by atoms with Crippen molar-refractivity contribution in [3.8, 4) is 0 Å². The van der Waals surface area contributed by atoms with Gasteiger partial charge in [0.2, 0.25) is 11.8 Å². The molecule has 1 N–H and O–H groups in total. The summed E-state index contributed by atoms with van der Waals surface area (Å²) < 4.78 is 0. The molecule has 30 heavy (non-hydrogen) atoms. The molecular weight excluding hydrogens is 419 g/mol. The maximum absolute atomic E-state index is 13.4. The van der Waals surface area contributed by atoms with E-state index in [1.165, 1.54) is 0 Å². The maximum Gasteiger partial charge on any atom is 0.243 e. The highest BCUT2D eigenvalue weighted by Gasteiger charge is 2.30. The Labute approximate surface area is 189 Å². The van der Waals surface area contributed by atoms with Gasteiger partial charge < -0.3 is 10.2 Å². The third-order valence-corrected chi connectivity index (χ3v) is 5.92. The monoisotopic (exact) mass is 448 g/mol. The third-order valence-electron chi connectivity index (χ3n) is 5.21. The molecule has 0 bridgehead atoms. The molecule has 162 valence electrons. The number of nitrogens with zero attached hydrogens (tertiary/aromatic N) is 1. The highest BCUT2D eigenvalue weighted by atomic mass is 35.5. The van der Waals surface area contributed by atoms with E-state index in [-0.39, 0.29) is 30.8 Å². The van der Waals surface area contributed by atoms with Crippen LogP contribution in [0.4, 0.5) is 0 Å². The zero-order valence-electron chi connectivity index (χ0n) is 18.0. The molecule has 4 nitrogen and oxygen atoms in total. The number of aryl methyl sites for hydroxylation is 1. The minimum absolute atomic E-state index is 0.0316. The summed E-state index contributed by atoms with van der Waals surface area (Å²) in [5.41, 5.74) is 2.64. The Morgan fingerprint density at radius 2 is 1.67 bits per heavy atom. The fraction of sp³-hybridized carbons (Fsp3) is 0.417. The average molecular weight is 449 g/mol. The molecule has 0 aliphatic rings. The van der Waals surface area contributed by atoms with Crippen LogP contribution in [0.15, 0.2) is 42.5 Å². The number of benzene rings is 2. The molecule has 2 atom stereocenters. The molecule has 0 radical (unpaired) electrons. The van der Waals surface area contributed by atoms with Crippen molar-refractivity contribution in [3.63, 3.8) is 0 Å². The lowest BCUT2D eigenvalue weighted by atomic mass is 10.0. The van der Waals surface area contributed by atoms with Gasteiger partial charge in [0.05, 0.1) is 6.42 Å². The van der Waals surface area contributed by atoms with Crippen LogP contribution in [0.25, 0.3) is 0 Å². The van der Waals surface area contributed by atoms with Crippen LogP contribution in [0.1, 0.15) is 50.3 Å². The first-order chi connectivity index (χ1) is 14.3. The van der Waals surface area contributed by atoms with Crippen molar-refractivity contribution >= 4 is 35.0 Å². The molecule has 2 amide bonds. The molecule has 0 saturated carbocycles. The molecule has 2 rings (SSSR count). The Hall–Kier alpha value is -2.04. The standard InChI is InChI=1S/C24H30Cl2N2O2/c1-5-17(4)27-24(30)22(6-2)28(15-19-20(25)11-8-12-21(19)26)23(29)14-18-10-7-9-16(3)13-18/h7-13,17,22H,5-6,14-15H2,1-4H3,(H,27,30)/t17-,22-/m0/s1. The van der Waals surface area contributed by atoms with Crippen molar-refractivity contribution in [1.82, 2.24) is 10.2 Å². The SMILES string of the molecule is CC[C@H](C)NC(=O)[C@H](CC)N(Cc1c(Cl)cccc1Cl)C(=O)Cc1cccc(C)c1. The van der Waals surface area contributed by atoms with Gasteiger partial charge in [0, 0.05) is 28.2 Å². The van der Waals surface area contributed by atoms with Gasteiger partial charge in [-0.2, -0.15) is 0 Å². The second-order valence-corrected chi connectivity index (χ2v) is 8.44. The lowest BCUT2D eigenvalue weighted by molar-refractivity contribution is -0.141. The molecule has 0 heterocycles. The van der Waals surface area contributed by atoms with Gasteiger partial charge in [-0.3, -0.25) is 9.59 Å². The molecule has 6 heteroatoms. The summed E-state index contributed by atoms with van der Waals surface area (Å²) >= 11 is 12.7. The van der Waals surface area contributed by atoms with Crippen LogP contribution in [0.5, 0.6) is 0 Å². The zero-order valence-corrected chi connectivity index (χ0v) is 19.6. The fourth-order valence-corrected chi connectivity index (χ4v) is 3.83. The first kappa shape index (κ1) is 24.2. The molecule has 0 aromatic heterocycles. The van der Waals surface area contributed by atoms with Gasteiger partial charge in [-0.15, -0.1) is 0 Å². The van der Waals surface area contributed by atoms with E-state index in [0.29, 0.717) is 22.0 Å². The van der Waals surface area contributed by atoms with Crippen molar-refractivity contribution < 1.29 is 9.59 Å². The summed E-state index contributed by atoms with van der Waals surface area (Å²) in [4.78, 5) is 28.0. The fourth-order valence-electron chi connectivity index (χ4n) is 3.31. The molecule has 0 aliphatic heterocycles. The number of carbonyl (C=O) groups excluding carboxylic acids is 2. The molecule has 0 unspecified atom stereocenters. The Morgan fingerprint density at radius 3 is 2.23 bits per heavy atom. The Bertz CT molecular complexity index is 865. The average Bonchev–Trinajstić information content (AvgIpc) is 2.69. The first-order valence-electron chi connectivity index (χ1n) is 10.3. The quantitative estimate of drug-likeness (QED) is 0.545. The molecule has 0 aliphatic carbocycles. The van der Waals surface area contributed by atoms with Gasteiger partial charge >= 0.3 is 0 Å². The minimum atomic E-state index is -0.608. The lowest BCUT2D eigenvalue weighted by Crippen LogP contribution is -2.51. The van der Waals surface area contributed by atoms with Gasteiger partial charge in [0.1, 0.15) is 6.04 Å². The van der Waals surface area contributed by atoms with Crippen LogP contribution in [0, 0.1) is 6.92 Å². The lowest BCUT2D eigenvalue weighted by Gasteiger charge is -2.32. The number of carbonyl (C=O) groups is 2. The Balaban J connectivity index is 2.37. The van der Waals surface area contributed by atoms with E-state index in [0.717, 1.165) is 17.5 Å². The second-order valence-electron chi connectivity index (χ2n) is 7.63. The third kappa shape index (κ3) is 6.48. The molecule has 0 saturated heterocycles. The summed E-state index contributed by atoms with van der Waals surface area (Å²) in [7, 11) is 0. The maximum atomic E-state index is 13.4. The van der Waals surface area contributed by atoms with Crippen LogP contribution in [0.2, 0.25) is 10.0 Å². The largest absolute Gasteiger partial charge is 0.352 e. The van der Waals surface area contributed by atoms with Gasteiger partial charge in [-0.1, -0.05) is 72.9 Å². The summed E-state index contributed by atoms with van der Waals surface area (Å²) in [5, 5.41) is 3.96. The van der Waals surface area contributed by atoms with Gasteiger partial charge in [-0.25, -0.2) is 0 Å². The van der Waals surface area contributed by atoms with Gasteiger partial charge in [0.25, 0.3) is 0 Å². The highest BCUT2D eigenvalue weighted by molar-refractivity contribution is 6.36. The van der Waals surface area contributed by atoms with E-state index in [1.54, 1.807) is 23.1 Å². The van der Waals surface area contributed by atoms with Crippen LogP contribution < -0.4 is 5.32 Å². The van der Waals surface area contributed by atoms with E-state index >= 15 is 0 Å².